The summed E-state index contributed by atoms with van der Waals surface area (Å²) in [4.78, 5) is 12.2. The second kappa shape index (κ2) is 4.53. The van der Waals surface area contributed by atoms with Crippen LogP contribution in [0.15, 0.2) is 24.8 Å². The first-order chi connectivity index (χ1) is 9.44. The first-order valence-corrected chi connectivity index (χ1v) is 7.75. The van der Waals surface area contributed by atoms with Crippen LogP contribution in [0.4, 0.5) is 5.82 Å². The van der Waals surface area contributed by atoms with Gasteiger partial charge in [0.1, 0.15) is 11.8 Å². The first-order valence-electron chi connectivity index (χ1n) is 5.93. The Labute approximate surface area is 115 Å². The Balaban J connectivity index is 1.88. The molecule has 0 amide bonds. The van der Waals surface area contributed by atoms with E-state index in [1.54, 1.807) is 12.4 Å². The summed E-state index contributed by atoms with van der Waals surface area (Å²) >= 11 is 0. The fourth-order valence-electron chi connectivity index (χ4n) is 2.26. The van der Waals surface area contributed by atoms with Gasteiger partial charge in [-0.3, -0.25) is 4.18 Å². The van der Waals surface area contributed by atoms with Crippen molar-refractivity contribution in [3.05, 3.63) is 24.8 Å². The molecule has 0 unspecified atom stereocenters. The predicted octanol–water partition coefficient (Wildman–Crippen LogP) is 0.254. The van der Waals surface area contributed by atoms with E-state index in [1.807, 2.05) is 10.6 Å². The molecule has 3 rings (SSSR count). The molecule has 2 aromatic heterocycles. The summed E-state index contributed by atoms with van der Waals surface area (Å²) in [6.07, 6.45) is 7.66. The van der Waals surface area contributed by atoms with Gasteiger partial charge in [0.05, 0.1) is 24.7 Å². The van der Waals surface area contributed by atoms with E-state index in [1.165, 1.54) is 6.33 Å². The van der Waals surface area contributed by atoms with Gasteiger partial charge < -0.3 is 10.3 Å². The zero-order valence-electron chi connectivity index (χ0n) is 10.7. The van der Waals surface area contributed by atoms with Gasteiger partial charge in [-0.15, -0.1) is 0 Å². The molecule has 2 atom stereocenters. The van der Waals surface area contributed by atoms with Gasteiger partial charge in [0.2, 0.25) is 0 Å². The van der Waals surface area contributed by atoms with Crippen molar-refractivity contribution in [2.75, 3.05) is 12.0 Å². The average molecular weight is 295 g/mol. The molecular formula is C11H13N5O3S. The van der Waals surface area contributed by atoms with E-state index >= 15 is 0 Å². The van der Waals surface area contributed by atoms with Gasteiger partial charge in [-0.1, -0.05) is 12.2 Å². The normalized spacial score (nSPS) is 22.6. The number of nitrogens with zero attached hydrogens (tertiary/aromatic N) is 4. The summed E-state index contributed by atoms with van der Waals surface area (Å²) in [7, 11) is -3.47. The number of rotatable bonds is 3. The molecule has 8 nitrogen and oxygen atoms in total. The molecule has 20 heavy (non-hydrogen) atoms. The summed E-state index contributed by atoms with van der Waals surface area (Å²) in [5.74, 6) is 0.319. The van der Waals surface area contributed by atoms with E-state index in [9.17, 15) is 8.42 Å². The lowest BCUT2D eigenvalue weighted by molar-refractivity contribution is 0.245. The smallest absolute Gasteiger partial charge is 0.264 e. The Morgan fingerprint density at radius 2 is 2.15 bits per heavy atom. The Kier molecular flexibility index (Phi) is 2.94. The number of fused-ring (bicyclic) bond motifs is 1. The maximum absolute atomic E-state index is 11.1. The number of nitrogen functional groups attached to an aromatic ring is 1. The van der Waals surface area contributed by atoms with Crippen LogP contribution in [0.1, 0.15) is 12.5 Å². The highest BCUT2D eigenvalue weighted by atomic mass is 32.2. The molecule has 2 heterocycles. The maximum atomic E-state index is 11.1. The van der Waals surface area contributed by atoms with Crippen molar-refractivity contribution in [2.45, 2.75) is 18.6 Å². The summed E-state index contributed by atoms with van der Waals surface area (Å²) in [6, 6.07) is -0.0685. The van der Waals surface area contributed by atoms with Crippen molar-refractivity contribution in [1.82, 2.24) is 19.5 Å². The molecule has 9 heteroatoms. The number of aromatic nitrogens is 4. The van der Waals surface area contributed by atoms with Crippen molar-refractivity contribution in [1.29, 1.82) is 0 Å². The third kappa shape index (κ3) is 2.37. The van der Waals surface area contributed by atoms with Crippen LogP contribution in [0.5, 0.6) is 0 Å². The lowest BCUT2D eigenvalue weighted by Crippen LogP contribution is -2.15. The minimum absolute atomic E-state index is 0.0685. The van der Waals surface area contributed by atoms with Gasteiger partial charge in [-0.25, -0.2) is 15.0 Å². The quantitative estimate of drug-likeness (QED) is 0.638. The van der Waals surface area contributed by atoms with Gasteiger partial charge in [-0.2, -0.15) is 8.42 Å². The lowest BCUT2D eigenvalue weighted by Gasteiger charge is -2.13. The SMILES string of the molecule is CS(=O)(=O)O[C@H]1C=C[C@@H](n2cnc3c(N)ncnc32)C1. The molecule has 0 aliphatic heterocycles. The molecule has 106 valence electrons. The third-order valence-corrected chi connectivity index (χ3v) is 3.66. The van der Waals surface area contributed by atoms with Crippen molar-refractivity contribution >= 4 is 27.1 Å². The van der Waals surface area contributed by atoms with Crippen LogP contribution in [0.2, 0.25) is 0 Å². The van der Waals surface area contributed by atoms with Gasteiger partial charge in [0.15, 0.2) is 11.5 Å². The minimum Gasteiger partial charge on any atom is -0.382 e. The summed E-state index contributed by atoms with van der Waals surface area (Å²) in [5, 5.41) is 0. The van der Waals surface area contributed by atoms with Crippen LogP contribution in [0.3, 0.4) is 0 Å². The largest absolute Gasteiger partial charge is 0.382 e. The molecule has 2 N–H and O–H groups in total. The van der Waals surface area contributed by atoms with E-state index in [-0.39, 0.29) is 6.04 Å². The van der Waals surface area contributed by atoms with Crippen molar-refractivity contribution in [3.8, 4) is 0 Å². The van der Waals surface area contributed by atoms with E-state index in [2.05, 4.69) is 15.0 Å². The number of nitrogens with two attached hydrogens (primary N) is 1. The molecule has 0 radical (unpaired) electrons. The van der Waals surface area contributed by atoms with Gasteiger partial charge >= 0.3 is 0 Å². The van der Waals surface area contributed by atoms with Crippen LogP contribution >= 0.6 is 0 Å². The highest BCUT2D eigenvalue weighted by Crippen LogP contribution is 2.29. The predicted molar refractivity (Wildman–Crippen MR) is 72.2 cm³/mol. The average Bonchev–Trinajstić information content (AvgIpc) is 2.93. The van der Waals surface area contributed by atoms with E-state index in [0.717, 1.165) is 6.26 Å². The number of anilines is 1. The van der Waals surface area contributed by atoms with E-state index in [4.69, 9.17) is 9.92 Å². The van der Waals surface area contributed by atoms with Crippen LogP contribution in [0, 0.1) is 0 Å². The summed E-state index contributed by atoms with van der Waals surface area (Å²) in [5.41, 5.74) is 6.88. The molecule has 0 aromatic carbocycles. The number of allylic oxidation sites excluding steroid dienone is 1. The molecule has 2 aromatic rings. The van der Waals surface area contributed by atoms with Crippen LogP contribution in [-0.4, -0.2) is 40.3 Å². The van der Waals surface area contributed by atoms with Crippen LogP contribution in [0.25, 0.3) is 11.2 Å². The van der Waals surface area contributed by atoms with E-state index in [0.29, 0.717) is 23.4 Å². The minimum atomic E-state index is -3.47. The first kappa shape index (κ1) is 13.0. The van der Waals surface area contributed by atoms with Gasteiger partial charge in [0.25, 0.3) is 10.1 Å². The molecule has 0 fully saturated rings. The van der Waals surface area contributed by atoms with E-state index < -0.39 is 16.2 Å². The number of hydrogen-bond acceptors (Lipinski definition) is 7. The van der Waals surface area contributed by atoms with Crippen molar-refractivity contribution < 1.29 is 12.6 Å². The highest BCUT2D eigenvalue weighted by Gasteiger charge is 2.25. The maximum Gasteiger partial charge on any atom is 0.264 e. The second-order valence-electron chi connectivity index (χ2n) is 4.61. The Morgan fingerprint density at radius 3 is 2.90 bits per heavy atom. The summed E-state index contributed by atoms with van der Waals surface area (Å²) < 4.78 is 29.0. The Morgan fingerprint density at radius 1 is 1.35 bits per heavy atom. The monoisotopic (exact) mass is 295 g/mol. The second-order valence-corrected chi connectivity index (χ2v) is 6.21. The standard InChI is InChI=1S/C11H13N5O3S/c1-20(17,18)19-8-3-2-7(4-8)16-6-15-9-10(12)13-5-14-11(9)16/h2-3,5-8H,4H2,1H3,(H2,12,13,14)/t7-,8+/m1/s1. The van der Waals surface area contributed by atoms with Crippen LogP contribution in [-0.2, 0) is 14.3 Å². The summed E-state index contributed by atoms with van der Waals surface area (Å²) in [6.45, 7) is 0. The van der Waals surface area contributed by atoms with Gasteiger partial charge in [-0.05, 0) is 0 Å². The molecule has 1 aliphatic rings. The molecule has 0 bridgehead atoms. The van der Waals surface area contributed by atoms with Crippen molar-refractivity contribution in [2.24, 2.45) is 0 Å². The van der Waals surface area contributed by atoms with Gasteiger partial charge in [0, 0.05) is 6.42 Å². The molecule has 0 saturated heterocycles. The molecule has 0 spiro atoms. The fraction of sp³-hybridized carbons (Fsp3) is 0.364. The van der Waals surface area contributed by atoms with Crippen molar-refractivity contribution in [3.63, 3.8) is 0 Å². The number of hydrogen-bond donors (Lipinski definition) is 1. The molecule has 0 saturated carbocycles. The highest BCUT2D eigenvalue weighted by molar-refractivity contribution is 7.86. The Bertz CT molecular complexity index is 782. The Hall–Kier alpha value is -2.00. The third-order valence-electron chi connectivity index (χ3n) is 3.06. The molecule has 1 aliphatic carbocycles. The topological polar surface area (TPSA) is 113 Å². The zero-order valence-corrected chi connectivity index (χ0v) is 11.5. The number of imidazole rings is 1. The molecular weight excluding hydrogens is 282 g/mol. The zero-order chi connectivity index (χ0) is 14.3. The fourth-order valence-corrected chi connectivity index (χ4v) is 2.85. The lowest BCUT2D eigenvalue weighted by atomic mass is 10.2. The van der Waals surface area contributed by atoms with Crippen LogP contribution < -0.4 is 5.73 Å².